The van der Waals surface area contributed by atoms with Crippen LogP contribution in [0.25, 0.3) is 0 Å². The number of aliphatic hydroxyl groups is 1. The van der Waals surface area contributed by atoms with Crippen LogP contribution in [0.1, 0.15) is 31.7 Å². The summed E-state index contributed by atoms with van der Waals surface area (Å²) < 4.78 is 5.62. The average molecular weight is 502 g/mol. The molecule has 3 rings (SSSR count). The van der Waals surface area contributed by atoms with E-state index in [4.69, 9.17) is 4.74 Å². The molecule has 0 spiro atoms. The lowest BCUT2D eigenvalue weighted by Gasteiger charge is -2.25. The van der Waals surface area contributed by atoms with Crippen molar-refractivity contribution >= 4 is 29.9 Å². The van der Waals surface area contributed by atoms with Crippen molar-refractivity contribution in [2.24, 2.45) is 4.99 Å². The fourth-order valence-electron chi connectivity index (χ4n) is 3.90. The van der Waals surface area contributed by atoms with Gasteiger partial charge >= 0.3 is 0 Å². The number of ether oxygens (including phenoxy) is 1. The minimum absolute atomic E-state index is 0. The predicted molar refractivity (Wildman–Crippen MR) is 124 cm³/mol. The van der Waals surface area contributed by atoms with E-state index in [2.05, 4.69) is 27.0 Å². The molecule has 0 aromatic heterocycles. The highest BCUT2D eigenvalue weighted by Crippen LogP contribution is 2.20. The van der Waals surface area contributed by atoms with Gasteiger partial charge in [-0.05, 0) is 44.8 Å². The van der Waals surface area contributed by atoms with Gasteiger partial charge in [-0.15, -0.1) is 24.0 Å². The van der Waals surface area contributed by atoms with Gasteiger partial charge < -0.3 is 20.1 Å². The number of rotatable bonds is 8. The first-order valence-corrected chi connectivity index (χ1v) is 10.3. The van der Waals surface area contributed by atoms with E-state index in [1.165, 1.54) is 32.4 Å². The van der Waals surface area contributed by atoms with Crippen LogP contribution in [0.2, 0.25) is 0 Å². The van der Waals surface area contributed by atoms with Crippen molar-refractivity contribution in [1.29, 1.82) is 0 Å². The molecule has 1 aromatic rings. The molecule has 28 heavy (non-hydrogen) atoms. The van der Waals surface area contributed by atoms with Crippen molar-refractivity contribution in [3.8, 4) is 0 Å². The first kappa shape index (κ1) is 23.4. The molecular formula is C21H35IN4O2. The zero-order valence-corrected chi connectivity index (χ0v) is 19.3. The molecule has 0 radical (unpaired) electrons. The number of benzene rings is 1. The normalized spacial score (nSPS) is 21.6. The van der Waals surface area contributed by atoms with Crippen LogP contribution in [-0.2, 0) is 11.3 Å². The SMILES string of the molecule is CCNC(=NCC(O)COCc1ccccc1)N1CCC(N2CCCC2)C1.I. The molecule has 2 aliphatic heterocycles. The first-order chi connectivity index (χ1) is 13.3. The molecule has 0 bridgehead atoms. The highest BCUT2D eigenvalue weighted by molar-refractivity contribution is 14.0. The minimum Gasteiger partial charge on any atom is -0.389 e. The van der Waals surface area contributed by atoms with Crippen LogP contribution in [-0.4, -0.2) is 78.9 Å². The lowest BCUT2D eigenvalue weighted by molar-refractivity contribution is 0.0330. The molecule has 2 unspecified atom stereocenters. The molecule has 7 heteroatoms. The second-order valence-corrected chi connectivity index (χ2v) is 7.48. The molecule has 6 nitrogen and oxygen atoms in total. The molecular weight excluding hydrogens is 467 g/mol. The Hall–Kier alpha value is -0.900. The number of hydrogen-bond donors (Lipinski definition) is 2. The summed E-state index contributed by atoms with van der Waals surface area (Å²) in [7, 11) is 0. The van der Waals surface area contributed by atoms with E-state index in [1.807, 2.05) is 30.3 Å². The topological polar surface area (TPSA) is 60.3 Å². The van der Waals surface area contributed by atoms with Crippen LogP contribution >= 0.6 is 24.0 Å². The summed E-state index contributed by atoms with van der Waals surface area (Å²) >= 11 is 0. The molecule has 0 amide bonds. The third kappa shape index (κ3) is 7.17. The van der Waals surface area contributed by atoms with Crippen LogP contribution in [0.15, 0.2) is 35.3 Å². The molecule has 2 aliphatic rings. The maximum atomic E-state index is 10.2. The van der Waals surface area contributed by atoms with Crippen molar-refractivity contribution in [3.05, 3.63) is 35.9 Å². The Labute approximate surface area is 186 Å². The Bertz CT molecular complexity index is 581. The highest BCUT2D eigenvalue weighted by Gasteiger charge is 2.30. The number of aliphatic imine (C=N–C) groups is 1. The third-order valence-corrected chi connectivity index (χ3v) is 5.33. The molecule has 2 atom stereocenters. The fourth-order valence-corrected chi connectivity index (χ4v) is 3.90. The average Bonchev–Trinajstić information content (AvgIpc) is 3.37. The number of halogens is 1. The summed E-state index contributed by atoms with van der Waals surface area (Å²) in [5, 5.41) is 13.6. The van der Waals surface area contributed by atoms with Gasteiger partial charge in [0.25, 0.3) is 0 Å². The van der Waals surface area contributed by atoms with Crippen molar-refractivity contribution in [3.63, 3.8) is 0 Å². The summed E-state index contributed by atoms with van der Waals surface area (Å²) in [5.74, 6) is 0.918. The third-order valence-electron chi connectivity index (χ3n) is 5.33. The van der Waals surface area contributed by atoms with Gasteiger partial charge in [-0.1, -0.05) is 30.3 Å². The summed E-state index contributed by atoms with van der Waals surface area (Å²) in [5.41, 5.74) is 1.12. The summed E-state index contributed by atoms with van der Waals surface area (Å²) in [6, 6.07) is 10.7. The molecule has 2 N–H and O–H groups in total. The summed E-state index contributed by atoms with van der Waals surface area (Å²) in [6.45, 7) is 8.65. The number of nitrogens with zero attached hydrogens (tertiary/aromatic N) is 3. The Balaban J connectivity index is 0.00000280. The van der Waals surface area contributed by atoms with Crippen LogP contribution in [0.4, 0.5) is 0 Å². The summed E-state index contributed by atoms with van der Waals surface area (Å²) in [6.07, 6.45) is 3.28. The van der Waals surface area contributed by atoms with Crippen molar-refractivity contribution < 1.29 is 9.84 Å². The number of likely N-dealkylation sites (tertiary alicyclic amines) is 2. The van der Waals surface area contributed by atoms with Crippen LogP contribution < -0.4 is 5.32 Å². The number of hydrogen-bond acceptors (Lipinski definition) is 4. The zero-order valence-electron chi connectivity index (χ0n) is 16.9. The van der Waals surface area contributed by atoms with Gasteiger partial charge in [-0.3, -0.25) is 9.89 Å². The van der Waals surface area contributed by atoms with Gasteiger partial charge in [0.05, 0.1) is 25.9 Å². The van der Waals surface area contributed by atoms with Crippen molar-refractivity contribution in [2.75, 3.05) is 45.9 Å². The lowest BCUT2D eigenvalue weighted by Crippen LogP contribution is -2.43. The lowest BCUT2D eigenvalue weighted by atomic mass is 10.2. The van der Waals surface area contributed by atoms with E-state index in [-0.39, 0.29) is 24.0 Å². The maximum Gasteiger partial charge on any atom is 0.194 e. The van der Waals surface area contributed by atoms with E-state index in [1.54, 1.807) is 0 Å². The van der Waals surface area contributed by atoms with E-state index < -0.39 is 6.10 Å². The number of guanidine groups is 1. The van der Waals surface area contributed by atoms with E-state index in [0.717, 1.165) is 31.2 Å². The zero-order chi connectivity index (χ0) is 18.9. The highest BCUT2D eigenvalue weighted by atomic mass is 127. The van der Waals surface area contributed by atoms with Crippen LogP contribution in [0.5, 0.6) is 0 Å². The van der Waals surface area contributed by atoms with E-state index in [9.17, 15) is 5.11 Å². The number of aliphatic hydroxyl groups excluding tert-OH is 1. The predicted octanol–water partition coefficient (Wildman–Crippen LogP) is 2.32. The van der Waals surface area contributed by atoms with Gasteiger partial charge in [-0.2, -0.15) is 0 Å². The molecule has 2 fully saturated rings. The van der Waals surface area contributed by atoms with Gasteiger partial charge in [0, 0.05) is 25.7 Å². The van der Waals surface area contributed by atoms with E-state index >= 15 is 0 Å². The van der Waals surface area contributed by atoms with Crippen LogP contribution in [0.3, 0.4) is 0 Å². The molecule has 0 saturated carbocycles. The Morgan fingerprint density at radius 3 is 2.71 bits per heavy atom. The first-order valence-electron chi connectivity index (χ1n) is 10.3. The molecule has 2 heterocycles. The Kier molecular flexibility index (Phi) is 10.5. The van der Waals surface area contributed by atoms with Gasteiger partial charge in [0.1, 0.15) is 0 Å². The smallest absolute Gasteiger partial charge is 0.194 e. The second-order valence-electron chi connectivity index (χ2n) is 7.48. The minimum atomic E-state index is -0.584. The van der Waals surface area contributed by atoms with Gasteiger partial charge in [0.15, 0.2) is 5.96 Å². The largest absolute Gasteiger partial charge is 0.389 e. The van der Waals surface area contributed by atoms with Crippen LogP contribution in [0, 0.1) is 0 Å². The van der Waals surface area contributed by atoms with Gasteiger partial charge in [0.2, 0.25) is 0 Å². The standard InChI is InChI=1S/C21H34N4O2.HI/c1-2-22-21(25-13-10-19(15-25)24-11-6-7-12-24)23-14-20(26)17-27-16-18-8-4-3-5-9-18;/h3-5,8-9,19-20,26H,2,6-7,10-17H2,1H3,(H,22,23);1H. The number of nitrogens with one attached hydrogen (secondary N) is 1. The fraction of sp³-hybridized carbons (Fsp3) is 0.667. The van der Waals surface area contributed by atoms with Crippen molar-refractivity contribution in [2.45, 2.75) is 44.9 Å². The molecule has 2 saturated heterocycles. The Morgan fingerprint density at radius 2 is 2.00 bits per heavy atom. The molecule has 158 valence electrons. The van der Waals surface area contributed by atoms with E-state index in [0.29, 0.717) is 25.8 Å². The Morgan fingerprint density at radius 1 is 1.25 bits per heavy atom. The quantitative estimate of drug-likeness (QED) is 0.325. The maximum absolute atomic E-state index is 10.2. The molecule has 1 aromatic carbocycles. The monoisotopic (exact) mass is 502 g/mol. The second kappa shape index (κ2) is 12.6. The van der Waals surface area contributed by atoms with Crippen molar-refractivity contribution in [1.82, 2.24) is 15.1 Å². The van der Waals surface area contributed by atoms with Gasteiger partial charge in [-0.25, -0.2) is 0 Å². The summed E-state index contributed by atoms with van der Waals surface area (Å²) in [4.78, 5) is 9.62. The molecule has 0 aliphatic carbocycles.